The number of hydrogen-bond acceptors (Lipinski definition) is 4. The van der Waals surface area contributed by atoms with Gasteiger partial charge in [-0.1, -0.05) is 24.4 Å². The number of carboxylic acids is 1. The van der Waals surface area contributed by atoms with Gasteiger partial charge in [-0.05, 0) is 43.9 Å². The van der Waals surface area contributed by atoms with Crippen molar-refractivity contribution in [3.05, 3.63) is 28.8 Å². The van der Waals surface area contributed by atoms with Crippen molar-refractivity contribution in [2.45, 2.75) is 49.8 Å². The highest BCUT2D eigenvalue weighted by molar-refractivity contribution is 7.89. The molecule has 27 heavy (non-hydrogen) atoms. The monoisotopic (exact) mass is 416 g/mol. The molecule has 0 spiro atoms. The fourth-order valence-electron chi connectivity index (χ4n) is 2.97. The van der Waals surface area contributed by atoms with Gasteiger partial charge in [-0.3, -0.25) is 9.59 Å². The fraction of sp³-hybridized carbons (Fsp3) is 0.556. The number of aliphatic carboxylic acids is 1. The number of benzene rings is 1. The zero-order valence-electron chi connectivity index (χ0n) is 15.1. The third-order valence-corrected chi connectivity index (χ3v) is 6.86. The van der Waals surface area contributed by atoms with Gasteiger partial charge in [0.2, 0.25) is 10.0 Å². The molecule has 1 aliphatic rings. The van der Waals surface area contributed by atoms with Gasteiger partial charge in [0.05, 0.1) is 5.02 Å². The van der Waals surface area contributed by atoms with E-state index in [0.717, 1.165) is 19.3 Å². The predicted molar refractivity (Wildman–Crippen MR) is 102 cm³/mol. The lowest BCUT2D eigenvalue weighted by Gasteiger charge is -2.26. The maximum Gasteiger partial charge on any atom is 0.303 e. The minimum atomic E-state index is -3.72. The quantitative estimate of drug-likeness (QED) is 0.602. The molecule has 0 aliphatic carbocycles. The number of rotatable bonds is 9. The Morgan fingerprint density at radius 1 is 1.11 bits per heavy atom. The lowest BCUT2D eigenvalue weighted by atomic mass is 10.2. The Kier molecular flexibility index (Phi) is 8.07. The first kappa shape index (κ1) is 21.7. The molecular weight excluding hydrogens is 392 g/mol. The first-order chi connectivity index (χ1) is 12.8. The van der Waals surface area contributed by atoms with Crippen LogP contribution in [0.15, 0.2) is 23.1 Å². The lowest BCUT2D eigenvalue weighted by Crippen LogP contribution is -2.36. The van der Waals surface area contributed by atoms with Gasteiger partial charge in [-0.15, -0.1) is 0 Å². The van der Waals surface area contributed by atoms with Crippen LogP contribution in [0.3, 0.4) is 0 Å². The third-order valence-electron chi connectivity index (χ3n) is 4.48. The summed E-state index contributed by atoms with van der Waals surface area (Å²) in [5.41, 5.74) is 0.237. The van der Waals surface area contributed by atoms with Gasteiger partial charge in [0, 0.05) is 31.6 Å². The number of carbonyl (C=O) groups is 2. The average Bonchev–Trinajstić information content (AvgIpc) is 2.65. The van der Waals surface area contributed by atoms with E-state index in [1.807, 2.05) is 0 Å². The Hall–Kier alpha value is -1.64. The van der Waals surface area contributed by atoms with Crippen molar-refractivity contribution < 1.29 is 23.1 Å². The van der Waals surface area contributed by atoms with E-state index in [9.17, 15) is 18.0 Å². The number of halogens is 1. The van der Waals surface area contributed by atoms with Gasteiger partial charge in [0.25, 0.3) is 5.91 Å². The number of sulfonamides is 1. The molecule has 1 aromatic carbocycles. The number of amides is 1. The van der Waals surface area contributed by atoms with Crippen molar-refractivity contribution >= 4 is 33.5 Å². The molecule has 0 radical (unpaired) electrons. The molecular formula is C18H25ClN2O5S. The summed E-state index contributed by atoms with van der Waals surface area (Å²) in [5, 5.41) is 11.4. The van der Waals surface area contributed by atoms with Crippen molar-refractivity contribution in [3.63, 3.8) is 0 Å². The molecule has 0 saturated carbocycles. The van der Waals surface area contributed by atoms with Crippen molar-refractivity contribution in [2.24, 2.45) is 0 Å². The predicted octanol–water partition coefficient (Wildman–Crippen LogP) is 2.89. The van der Waals surface area contributed by atoms with Crippen LogP contribution < -0.4 is 5.32 Å². The smallest absolute Gasteiger partial charge is 0.303 e. The molecule has 7 nitrogen and oxygen atoms in total. The molecule has 150 valence electrons. The Balaban J connectivity index is 1.99. The molecule has 0 aromatic heterocycles. The Morgan fingerprint density at radius 2 is 1.81 bits per heavy atom. The minimum absolute atomic E-state index is 0.0415. The van der Waals surface area contributed by atoms with Crippen LogP contribution in [0.4, 0.5) is 0 Å². The summed E-state index contributed by atoms with van der Waals surface area (Å²) in [6, 6.07) is 4.25. The zero-order chi connectivity index (χ0) is 19.9. The summed E-state index contributed by atoms with van der Waals surface area (Å²) in [6.45, 7) is 1.33. The van der Waals surface area contributed by atoms with Crippen molar-refractivity contribution in [3.8, 4) is 0 Å². The van der Waals surface area contributed by atoms with Crippen molar-refractivity contribution in [1.82, 2.24) is 9.62 Å². The van der Waals surface area contributed by atoms with E-state index in [1.165, 1.54) is 22.5 Å². The van der Waals surface area contributed by atoms with Gasteiger partial charge >= 0.3 is 5.97 Å². The average molecular weight is 417 g/mol. The van der Waals surface area contributed by atoms with E-state index in [0.29, 0.717) is 38.9 Å². The highest BCUT2D eigenvalue weighted by Gasteiger charge is 2.28. The molecule has 1 aliphatic heterocycles. The number of hydrogen-bond donors (Lipinski definition) is 2. The van der Waals surface area contributed by atoms with E-state index >= 15 is 0 Å². The summed E-state index contributed by atoms with van der Waals surface area (Å²) in [7, 11) is -3.72. The molecule has 1 saturated heterocycles. The second-order valence-corrected chi connectivity index (χ2v) is 8.88. The Morgan fingerprint density at radius 3 is 2.48 bits per heavy atom. The summed E-state index contributed by atoms with van der Waals surface area (Å²) in [6.07, 6.45) is 4.67. The Labute approximate surface area is 164 Å². The normalized spacial score (nSPS) is 15.4. The van der Waals surface area contributed by atoms with Crippen molar-refractivity contribution in [2.75, 3.05) is 19.6 Å². The van der Waals surface area contributed by atoms with Crippen molar-refractivity contribution in [1.29, 1.82) is 0 Å². The number of carboxylic acid groups (broad SMARTS) is 1. The van der Waals surface area contributed by atoms with Crippen LogP contribution >= 0.6 is 11.6 Å². The number of carbonyl (C=O) groups excluding carboxylic acids is 1. The van der Waals surface area contributed by atoms with Gasteiger partial charge in [-0.2, -0.15) is 4.31 Å². The highest BCUT2D eigenvalue weighted by Crippen LogP contribution is 2.27. The van der Waals surface area contributed by atoms with E-state index in [-0.39, 0.29) is 27.8 Å². The largest absolute Gasteiger partial charge is 0.481 e. The summed E-state index contributed by atoms with van der Waals surface area (Å²) in [5.74, 6) is -1.21. The van der Waals surface area contributed by atoms with E-state index < -0.39 is 16.0 Å². The zero-order valence-corrected chi connectivity index (χ0v) is 16.7. The van der Waals surface area contributed by atoms with E-state index in [2.05, 4.69) is 5.32 Å². The summed E-state index contributed by atoms with van der Waals surface area (Å²) >= 11 is 6.11. The topological polar surface area (TPSA) is 104 Å². The second-order valence-electron chi connectivity index (χ2n) is 6.57. The standard InChI is InChI=1S/C18H25ClN2O5S/c19-15-9-8-14(18(24)20-10-4-1-3-7-17(22)23)13-16(15)27(25,26)21-11-5-2-6-12-21/h8-9,13H,1-7,10-12H2,(H,20,24)(H,22,23). The van der Waals surface area contributed by atoms with Crippen LogP contribution in [0, 0.1) is 0 Å². The van der Waals surface area contributed by atoms with Gasteiger partial charge in [0.1, 0.15) is 4.90 Å². The number of unbranched alkanes of at least 4 members (excludes halogenated alkanes) is 2. The third kappa shape index (κ3) is 6.19. The number of nitrogens with one attached hydrogen (secondary N) is 1. The molecule has 0 unspecified atom stereocenters. The van der Waals surface area contributed by atoms with Crippen LogP contribution in [0.25, 0.3) is 0 Å². The summed E-state index contributed by atoms with van der Waals surface area (Å²) in [4.78, 5) is 22.7. The fourth-order valence-corrected chi connectivity index (χ4v) is 4.99. The molecule has 0 bridgehead atoms. The van der Waals surface area contributed by atoms with Crippen LogP contribution in [0.1, 0.15) is 55.3 Å². The first-order valence-electron chi connectivity index (χ1n) is 9.12. The summed E-state index contributed by atoms with van der Waals surface area (Å²) < 4.78 is 27.1. The van der Waals surface area contributed by atoms with E-state index in [4.69, 9.17) is 16.7 Å². The van der Waals surface area contributed by atoms with E-state index in [1.54, 1.807) is 0 Å². The van der Waals surface area contributed by atoms with Crippen LogP contribution in [0.2, 0.25) is 5.02 Å². The highest BCUT2D eigenvalue weighted by atomic mass is 35.5. The number of piperidine rings is 1. The molecule has 9 heteroatoms. The Bertz CT molecular complexity index is 776. The second kappa shape index (κ2) is 10.1. The van der Waals surface area contributed by atoms with Gasteiger partial charge in [-0.25, -0.2) is 8.42 Å². The minimum Gasteiger partial charge on any atom is -0.481 e. The lowest BCUT2D eigenvalue weighted by molar-refractivity contribution is -0.137. The van der Waals surface area contributed by atoms with Crippen LogP contribution in [-0.2, 0) is 14.8 Å². The van der Waals surface area contributed by atoms with Gasteiger partial charge in [0.15, 0.2) is 0 Å². The molecule has 1 heterocycles. The molecule has 1 aromatic rings. The molecule has 1 amide bonds. The van der Waals surface area contributed by atoms with Gasteiger partial charge < -0.3 is 10.4 Å². The maximum atomic E-state index is 12.8. The van der Waals surface area contributed by atoms with Crippen LogP contribution in [0.5, 0.6) is 0 Å². The first-order valence-corrected chi connectivity index (χ1v) is 10.9. The SMILES string of the molecule is O=C(O)CCCCCNC(=O)c1ccc(Cl)c(S(=O)(=O)N2CCCCC2)c1. The molecule has 1 fully saturated rings. The van der Waals surface area contributed by atoms with Crippen LogP contribution in [-0.4, -0.2) is 49.3 Å². The maximum absolute atomic E-state index is 12.8. The molecule has 2 N–H and O–H groups in total. The molecule has 2 rings (SSSR count). The number of nitrogens with zero attached hydrogens (tertiary/aromatic N) is 1. The molecule has 0 atom stereocenters.